The van der Waals surface area contributed by atoms with E-state index in [0.717, 1.165) is 12.8 Å². The van der Waals surface area contributed by atoms with Crippen LogP contribution in [0.2, 0.25) is 5.02 Å². The van der Waals surface area contributed by atoms with Crippen molar-refractivity contribution in [2.75, 3.05) is 0 Å². The van der Waals surface area contributed by atoms with Gasteiger partial charge in [-0.05, 0) is 25.0 Å². The van der Waals surface area contributed by atoms with Crippen molar-refractivity contribution in [2.24, 2.45) is 5.92 Å². The molecule has 0 radical (unpaired) electrons. The van der Waals surface area contributed by atoms with Gasteiger partial charge in [-0.15, -0.1) is 0 Å². The summed E-state index contributed by atoms with van der Waals surface area (Å²) < 4.78 is 0. The van der Waals surface area contributed by atoms with Crippen LogP contribution in [0.15, 0.2) is 24.3 Å². The van der Waals surface area contributed by atoms with Gasteiger partial charge in [-0.25, -0.2) is 0 Å². The van der Waals surface area contributed by atoms with Gasteiger partial charge in [0, 0.05) is 11.5 Å². The molecule has 1 nitrogen and oxygen atoms in total. The molecule has 2 heteroatoms. The van der Waals surface area contributed by atoms with Crippen LogP contribution >= 0.6 is 11.6 Å². The molecule has 1 aromatic carbocycles. The highest BCUT2D eigenvalue weighted by Crippen LogP contribution is 2.31. The van der Waals surface area contributed by atoms with Crippen molar-refractivity contribution < 1.29 is 4.79 Å². The molecule has 0 heterocycles. The summed E-state index contributed by atoms with van der Waals surface area (Å²) in [5.74, 6) is 0.455. The fourth-order valence-corrected chi connectivity index (χ4v) is 1.78. The molecule has 0 amide bonds. The summed E-state index contributed by atoms with van der Waals surface area (Å²) in [5, 5.41) is 0.583. The molecule has 0 unspecified atom stereocenters. The first-order valence-corrected chi connectivity index (χ1v) is 4.95. The number of hydrogen-bond donors (Lipinski definition) is 0. The van der Waals surface area contributed by atoms with E-state index in [0.29, 0.717) is 10.6 Å². The fourth-order valence-electron chi connectivity index (χ4n) is 1.55. The Morgan fingerprint density at radius 3 is 2.54 bits per heavy atom. The Labute approximate surface area is 82.7 Å². The molecule has 0 N–H and O–H groups in total. The van der Waals surface area contributed by atoms with Crippen LogP contribution in [0.1, 0.15) is 29.6 Å². The molecule has 13 heavy (non-hydrogen) atoms. The summed E-state index contributed by atoms with van der Waals surface area (Å²) in [7, 11) is 0. The molecule has 0 aliphatic heterocycles. The molecular weight excluding hydrogens is 184 g/mol. The van der Waals surface area contributed by atoms with Gasteiger partial charge in [0.05, 0.1) is 5.02 Å². The number of carbonyl (C=O) groups excluding carboxylic acids is 1. The lowest BCUT2D eigenvalue weighted by Gasteiger charge is -2.24. The third-order valence-electron chi connectivity index (χ3n) is 2.62. The van der Waals surface area contributed by atoms with Crippen molar-refractivity contribution in [3.05, 3.63) is 34.9 Å². The maximum atomic E-state index is 11.8. The van der Waals surface area contributed by atoms with Crippen molar-refractivity contribution in [2.45, 2.75) is 19.3 Å². The first-order valence-electron chi connectivity index (χ1n) is 4.58. The van der Waals surface area contributed by atoms with Gasteiger partial charge in [-0.1, -0.05) is 30.2 Å². The van der Waals surface area contributed by atoms with Crippen LogP contribution < -0.4 is 0 Å². The number of carbonyl (C=O) groups is 1. The van der Waals surface area contributed by atoms with E-state index in [-0.39, 0.29) is 11.7 Å². The normalized spacial score (nSPS) is 16.7. The van der Waals surface area contributed by atoms with Crippen molar-refractivity contribution in [3.63, 3.8) is 0 Å². The fraction of sp³-hybridized carbons (Fsp3) is 0.364. The summed E-state index contributed by atoms with van der Waals surface area (Å²) in [6, 6.07) is 7.29. The second-order valence-electron chi connectivity index (χ2n) is 3.47. The van der Waals surface area contributed by atoms with E-state index in [9.17, 15) is 4.79 Å². The SMILES string of the molecule is O=C(c1ccccc1Cl)C1CCC1. The summed E-state index contributed by atoms with van der Waals surface area (Å²) in [6.45, 7) is 0. The van der Waals surface area contributed by atoms with E-state index in [1.54, 1.807) is 6.07 Å². The third-order valence-corrected chi connectivity index (χ3v) is 2.94. The van der Waals surface area contributed by atoms with Crippen LogP contribution in [-0.2, 0) is 0 Å². The number of benzene rings is 1. The molecule has 1 aliphatic carbocycles. The molecule has 1 aliphatic rings. The van der Waals surface area contributed by atoms with Crippen molar-refractivity contribution >= 4 is 17.4 Å². The minimum atomic E-state index is 0.219. The van der Waals surface area contributed by atoms with Crippen LogP contribution in [0.4, 0.5) is 0 Å². The van der Waals surface area contributed by atoms with Gasteiger partial charge >= 0.3 is 0 Å². The van der Waals surface area contributed by atoms with Crippen LogP contribution in [0.25, 0.3) is 0 Å². The average molecular weight is 195 g/mol. The van der Waals surface area contributed by atoms with Crippen LogP contribution in [0.5, 0.6) is 0 Å². The number of hydrogen-bond acceptors (Lipinski definition) is 1. The zero-order chi connectivity index (χ0) is 9.26. The molecule has 1 aromatic rings. The van der Waals surface area contributed by atoms with Crippen molar-refractivity contribution in [3.8, 4) is 0 Å². The zero-order valence-corrected chi connectivity index (χ0v) is 8.05. The number of Topliss-reactive ketones (excluding diaryl/α,β-unsaturated/α-hetero) is 1. The van der Waals surface area contributed by atoms with Gasteiger partial charge in [0.1, 0.15) is 0 Å². The molecule has 0 aromatic heterocycles. The molecule has 0 saturated heterocycles. The minimum absolute atomic E-state index is 0.219. The van der Waals surface area contributed by atoms with E-state index in [1.807, 2.05) is 18.2 Å². The Hall–Kier alpha value is -0.820. The molecule has 0 atom stereocenters. The van der Waals surface area contributed by atoms with E-state index in [4.69, 9.17) is 11.6 Å². The maximum Gasteiger partial charge on any atom is 0.167 e. The standard InChI is InChI=1S/C11H11ClO/c12-10-7-2-1-6-9(10)11(13)8-4-3-5-8/h1-2,6-8H,3-5H2. The molecule has 0 bridgehead atoms. The maximum absolute atomic E-state index is 11.8. The minimum Gasteiger partial charge on any atom is -0.294 e. The van der Waals surface area contributed by atoms with Crippen molar-refractivity contribution in [1.82, 2.24) is 0 Å². The van der Waals surface area contributed by atoms with Gasteiger partial charge in [-0.3, -0.25) is 4.79 Å². The van der Waals surface area contributed by atoms with Crippen LogP contribution in [0.3, 0.4) is 0 Å². The monoisotopic (exact) mass is 194 g/mol. The molecular formula is C11H11ClO. The molecule has 2 rings (SSSR count). The third kappa shape index (κ3) is 1.61. The zero-order valence-electron chi connectivity index (χ0n) is 7.29. The summed E-state index contributed by atoms with van der Waals surface area (Å²) in [6.07, 6.45) is 3.25. The second-order valence-corrected chi connectivity index (χ2v) is 3.88. The van der Waals surface area contributed by atoms with Gasteiger partial charge in [0.2, 0.25) is 0 Å². The molecule has 0 spiro atoms. The predicted octanol–water partition coefficient (Wildman–Crippen LogP) is 3.32. The lowest BCUT2D eigenvalue weighted by atomic mass is 9.80. The topological polar surface area (TPSA) is 17.1 Å². The predicted molar refractivity (Wildman–Crippen MR) is 53.1 cm³/mol. The Morgan fingerprint density at radius 1 is 1.31 bits per heavy atom. The molecule has 1 saturated carbocycles. The Bertz CT molecular complexity index is 329. The Kier molecular flexibility index (Phi) is 2.36. The lowest BCUT2D eigenvalue weighted by Crippen LogP contribution is -2.22. The van der Waals surface area contributed by atoms with E-state index < -0.39 is 0 Å². The molecule has 68 valence electrons. The van der Waals surface area contributed by atoms with Crippen LogP contribution in [0, 0.1) is 5.92 Å². The number of ketones is 1. The first kappa shape index (κ1) is 8.76. The second kappa shape index (κ2) is 3.51. The van der Waals surface area contributed by atoms with Crippen molar-refractivity contribution in [1.29, 1.82) is 0 Å². The smallest absolute Gasteiger partial charge is 0.167 e. The number of halogens is 1. The van der Waals surface area contributed by atoms with Gasteiger partial charge in [0.15, 0.2) is 5.78 Å². The van der Waals surface area contributed by atoms with Gasteiger partial charge < -0.3 is 0 Å². The van der Waals surface area contributed by atoms with Gasteiger partial charge in [-0.2, -0.15) is 0 Å². The first-order chi connectivity index (χ1) is 6.29. The lowest BCUT2D eigenvalue weighted by molar-refractivity contribution is 0.0855. The van der Waals surface area contributed by atoms with E-state index >= 15 is 0 Å². The van der Waals surface area contributed by atoms with E-state index in [2.05, 4.69) is 0 Å². The molecule has 1 fully saturated rings. The van der Waals surface area contributed by atoms with Crippen LogP contribution in [-0.4, -0.2) is 5.78 Å². The quantitative estimate of drug-likeness (QED) is 0.661. The summed E-state index contributed by atoms with van der Waals surface area (Å²) >= 11 is 5.92. The largest absolute Gasteiger partial charge is 0.294 e. The highest BCUT2D eigenvalue weighted by Gasteiger charge is 2.27. The Balaban J connectivity index is 2.24. The Morgan fingerprint density at radius 2 is 2.00 bits per heavy atom. The summed E-state index contributed by atoms with van der Waals surface area (Å²) in [4.78, 5) is 11.8. The highest BCUT2D eigenvalue weighted by molar-refractivity contribution is 6.34. The summed E-state index contributed by atoms with van der Waals surface area (Å²) in [5.41, 5.74) is 0.689. The van der Waals surface area contributed by atoms with E-state index in [1.165, 1.54) is 6.42 Å². The number of rotatable bonds is 2. The highest BCUT2D eigenvalue weighted by atomic mass is 35.5. The average Bonchev–Trinajstić information content (AvgIpc) is 2.01. The van der Waals surface area contributed by atoms with Gasteiger partial charge in [0.25, 0.3) is 0 Å².